The standard InChI is InChI=1S/C18H21N7OS/c1-24-11-13(10-21-24)22-17(26)15-16(19)27-18(23-15)12-3-2-4-14(9-12)25-7-5-20-6-8-25/h2-4,9-11,20H,5-8,19H2,1H3,(H,22,26). The molecule has 1 amide bonds. The first-order valence-corrected chi connectivity index (χ1v) is 9.54. The average Bonchev–Trinajstić information content (AvgIpc) is 3.28. The van der Waals surface area contributed by atoms with E-state index in [1.54, 1.807) is 24.1 Å². The Kier molecular flexibility index (Phi) is 4.78. The fraction of sp³-hybridized carbons (Fsp3) is 0.278. The van der Waals surface area contributed by atoms with Crippen LogP contribution in [0.25, 0.3) is 10.6 Å². The fourth-order valence-electron chi connectivity index (χ4n) is 3.05. The molecule has 1 aliphatic rings. The zero-order chi connectivity index (χ0) is 18.8. The van der Waals surface area contributed by atoms with Crippen LogP contribution in [0.3, 0.4) is 0 Å². The number of piperazine rings is 1. The number of thiazole rings is 1. The van der Waals surface area contributed by atoms with Crippen molar-refractivity contribution in [1.29, 1.82) is 0 Å². The summed E-state index contributed by atoms with van der Waals surface area (Å²) in [6, 6.07) is 8.21. The molecular formula is C18H21N7OS. The highest BCUT2D eigenvalue weighted by molar-refractivity contribution is 7.19. The smallest absolute Gasteiger partial charge is 0.277 e. The SMILES string of the molecule is Cn1cc(NC(=O)c2nc(-c3cccc(N4CCNCC4)c3)sc2N)cn1. The Morgan fingerprint density at radius 1 is 1.33 bits per heavy atom. The van der Waals surface area contributed by atoms with Gasteiger partial charge in [0.1, 0.15) is 10.0 Å². The van der Waals surface area contributed by atoms with Crippen LogP contribution in [0.15, 0.2) is 36.7 Å². The minimum atomic E-state index is -0.332. The number of nitrogens with zero attached hydrogens (tertiary/aromatic N) is 4. The number of nitrogen functional groups attached to an aromatic ring is 1. The molecule has 1 aliphatic heterocycles. The molecule has 0 saturated carbocycles. The number of nitrogens with one attached hydrogen (secondary N) is 2. The molecule has 2 aromatic heterocycles. The zero-order valence-corrected chi connectivity index (χ0v) is 15.8. The predicted octanol–water partition coefficient (Wildman–Crippen LogP) is 1.79. The molecule has 0 atom stereocenters. The van der Waals surface area contributed by atoms with Crippen LogP contribution in [0.2, 0.25) is 0 Å². The molecule has 140 valence electrons. The van der Waals surface area contributed by atoms with Gasteiger partial charge in [0.05, 0.1) is 11.9 Å². The number of hydrogen-bond donors (Lipinski definition) is 3. The third kappa shape index (κ3) is 3.79. The quantitative estimate of drug-likeness (QED) is 0.635. The first-order valence-electron chi connectivity index (χ1n) is 8.72. The van der Waals surface area contributed by atoms with Crippen LogP contribution in [0.5, 0.6) is 0 Å². The van der Waals surface area contributed by atoms with Gasteiger partial charge in [0, 0.05) is 50.7 Å². The molecule has 1 aromatic carbocycles. The van der Waals surface area contributed by atoms with Crippen molar-refractivity contribution in [3.05, 3.63) is 42.4 Å². The van der Waals surface area contributed by atoms with E-state index in [1.807, 2.05) is 12.1 Å². The Labute approximate surface area is 161 Å². The Bertz CT molecular complexity index is 958. The summed E-state index contributed by atoms with van der Waals surface area (Å²) < 4.78 is 1.62. The zero-order valence-electron chi connectivity index (χ0n) is 15.0. The number of carbonyl (C=O) groups excluding carboxylic acids is 1. The maximum atomic E-state index is 12.5. The molecule has 27 heavy (non-hydrogen) atoms. The number of carbonyl (C=O) groups is 1. The number of rotatable bonds is 4. The largest absolute Gasteiger partial charge is 0.389 e. The molecule has 0 aliphatic carbocycles. The highest BCUT2D eigenvalue weighted by Gasteiger charge is 2.19. The minimum absolute atomic E-state index is 0.242. The summed E-state index contributed by atoms with van der Waals surface area (Å²) >= 11 is 1.32. The lowest BCUT2D eigenvalue weighted by atomic mass is 10.2. The van der Waals surface area contributed by atoms with E-state index in [1.165, 1.54) is 11.3 Å². The Morgan fingerprint density at radius 3 is 2.89 bits per heavy atom. The van der Waals surface area contributed by atoms with Crippen molar-refractivity contribution in [2.75, 3.05) is 42.1 Å². The summed E-state index contributed by atoms with van der Waals surface area (Å²) in [6.45, 7) is 3.91. The molecule has 0 spiro atoms. The normalized spacial score (nSPS) is 14.3. The second-order valence-corrected chi connectivity index (χ2v) is 7.41. The summed E-state index contributed by atoms with van der Waals surface area (Å²) in [6.07, 6.45) is 3.30. The maximum absolute atomic E-state index is 12.5. The topological polar surface area (TPSA) is 101 Å². The van der Waals surface area contributed by atoms with Crippen LogP contribution >= 0.6 is 11.3 Å². The molecule has 0 unspecified atom stereocenters. The molecule has 1 fully saturated rings. The third-order valence-corrected chi connectivity index (χ3v) is 5.34. The van der Waals surface area contributed by atoms with E-state index in [-0.39, 0.29) is 11.6 Å². The van der Waals surface area contributed by atoms with Crippen LogP contribution in [-0.2, 0) is 7.05 Å². The Hall–Kier alpha value is -2.91. The van der Waals surface area contributed by atoms with Gasteiger partial charge in [0.2, 0.25) is 0 Å². The summed E-state index contributed by atoms with van der Waals surface area (Å²) in [5.74, 6) is -0.332. The minimum Gasteiger partial charge on any atom is -0.389 e. The van der Waals surface area contributed by atoms with Crippen molar-refractivity contribution in [3.8, 4) is 10.6 Å². The van der Waals surface area contributed by atoms with Crippen LogP contribution in [0.1, 0.15) is 10.5 Å². The summed E-state index contributed by atoms with van der Waals surface area (Å²) in [5, 5.41) is 11.3. The van der Waals surface area contributed by atoms with Crippen molar-refractivity contribution < 1.29 is 4.79 Å². The van der Waals surface area contributed by atoms with Gasteiger partial charge in [-0.2, -0.15) is 5.10 Å². The monoisotopic (exact) mass is 383 g/mol. The van der Waals surface area contributed by atoms with Crippen LogP contribution < -0.4 is 21.3 Å². The average molecular weight is 383 g/mol. The van der Waals surface area contributed by atoms with Crippen molar-refractivity contribution in [3.63, 3.8) is 0 Å². The summed E-state index contributed by atoms with van der Waals surface area (Å²) in [5.41, 5.74) is 9.04. The van der Waals surface area contributed by atoms with E-state index in [2.05, 4.69) is 37.7 Å². The highest BCUT2D eigenvalue weighted by Crippen LogP contribution is 2.32. The van der Waals surface area contributed by atoms with E-state index in [4.69, 9.17) is 5.73 Å². The third-order valence-electron chi connectivity index (χ3n) is 4.41. The van der Waals surface area contributed by atoms with Gasteiger partial charge in [-0.15, -0.1) is 0 Å². The second kappa shape index (κ2) is 7.37. The van der Waals surface area contributed by atoms with Crippen molar-refractivity contribution >= 4 is 33.6 Å². The van der Waals surface area contributed by atoms with Gasteiger partial charge < -0.3 is 21.3 Å². The van der Waals surface area contributed by atoms with E-state index < -0.39 is 0 Å². The number of amides is 1. The Morgan fingerprint density at radius 2 is 2.15 bits per heavy atom. The van der Waals surface area contributed by atoms with E-state index in [9.17, 15) is 4.79 Å². The predicted molar refractivity (Wildman–Crippen MR) is 108 cm³/mol. The lowest BCUT2D eigenvalue weighted by Gasteiger charge is -2.29. The lowest BCUT2D eigenvalue weighted by Crippen LogP contribution is -2.43. The van der Waals surface area contributed by atoms with Gasteiger partial charge >= 0.3 is 0 Å². The molecule has 0 radical (unpaired) electrons. The van der Waals surface area contributed by atoms with E-state index in [0.717, 1.165) is 42.4 Å². The number of benzene rings is 1. The van der Waals surface area contributed by atoms with Crippen LogP contribution in [-0.4, -0.2) is 46.9 Å². The lowest BCUT2D eigenvalue weighted by molar-refractivity contribution is 0.102. The molecule has 8 nitrogen and oxygen atoms in total. The molecule has 4 N–H and O–H groups in total. The van der Waals surface area contributed by atoms with E-state index in [0.29, 0.717) is 10.7 Å². The van der Waals surface area contributed by atoms with Gasteiger partial charge in [-0.25, -0.2) is 4.98 Å². The number of aromatic nitrogens is 3. The van der Waals surface area contributed by atoms with Gasteiger partial charge in [0.15, 0.2) is 5.69 Å². The molecule has 1 saturated heterocycles. The van der Waals surface area contributed by atoms with E-state index >= 15 is 0 Å². The Balaban J connectivity index is 1.56. The fourth-order valence-corrected chi connectivity index (χ4v) is 3.88. The molecule has 4 rings (SSSR count). The van der Waals surface area contributed by atoms with Crippen molar-refractivity contribution in [2.45, 2.75) is 0 Å². The van der Waals surface area contributed by atoms with Crippen LogP contribution in [0, 0.1) is 0 Å². The molecule has 3 heterocycles. The molecule has 3 aromatic rings. The van der Waals surface area contributed by atoms with Gasteiger partial charge in [0.25, 0.3) is 5.91 Å². The van der Waals surface area contributed by atoms with Crippen molar-refractivity contribution in [2.24, 2.45) is 7.05 Å². The van der Waals surface area contributed by atoms with Crippen molar-refractivity contribution in [1.82, 2.24) is 20.1 Å². The number of aryl methyl sites for hydroxylation is 1. The number of hydrogen-bond acceptors (Lipinski definition) is 7. The number of anilines is 3. The number of nitrogens with two attached hydrogens (primary N) is 1. The van der Waals surface area contributed by atoms with Gasteiger partial charge in [-0.05, 0) is 12.1 Å². The van der Waals surface area contributed by atoms with Gasteiger partial charge in [-0.3, -0.25) is 9.48 Å². The molecular weight excluding hydrogens is 362 g/mol. The first kappa shape index (κ1) is 17.5. The first-order chi connectivity index (χ1) is 13.1. The van der Waals surface area contributed by atoms with Gasteiger partial charge in [-0.1, -0.05) is 23.5 Å². The maximum Gasteiger partial charge on any atom is 0.277 e. The molecule has 0 bridgehead atoms. The summed E-state index contributed by atoms with van der Waals surface area (Å²) in [7, 11) is 1.79. The highest BCUT2D eigenvalue weighted by atomic mass is 32.1. The molecule has 9 heteroatoms. The second-order valence-electron chi connectivity index (χ2n) is 6.38. The summed E-state index contributed by atoms with van der Waals surface area (Å²) in [4.78, 5) is 19.3. The van der Waals surface area contributed by atoms with Crippen LogP contribution in [0.4, 0.5) is 16.4 Å².